The number of nitrogens with two attached hydrogens (primary N) is 2. The molecular weight excluding hydrogens is 166 g/mol. The van der Waals surface area contributed by atoms with Gasteiger partial charge in [-0.05, 0) is 25.9 Å². The molecule has 0 bridgehead atoms. The van der Waals surface area contributed by atoms with E-state index in [0.717, 1.165) is 25.9 Å². The van der Waals surface area contributed by atoms with Crippen molar-refractivity contribution in [3.8, 4) is 0 Å². The monoisotopic (exact) mass is 181 g/mol. The SMILES string of the molecule is NN.SC1(S)CCNCC1. The van der Waals surface area contributed by atoms with E-state index in [1.807, 2.05) is 0 Å². The van der Waals surface area contributed by atoms with Gasteiger partial charge in [0.25, 0.3) is 0 Å². The third-order valence-corrected chi connectivity index (χ3v) is 2.30. The zero-order valence-electron chi connectivity index (χ0n) is 5.88. The zero-order chi connectivity index (χ0) is 8.04. The normalized spacial score (nSPS) is 22.8. The van der Waals surface area contributed by atoms with Crippen LogP contribution >= 0.6 is 25.3 Å². The van der Waals surface area contributed by atoms with Crippen molar-refractivity contribution in [1.29, 1.82) is 0 Å². The summed E-state index contributed by atoms with van der Waals surface area (Å²) in [4.78, 5) is 0. The predicted molar refractivity (Wildman–Crippen MR) is 51.2 cm³/mol. The molecule has 0 aromatic carbocycles. The van der Waals surface area contributed by atoms with Crippen LogP contribution in [-0.2, 0) is 0 Å². The van der Waals surface area contributed by atoms with Crippen molar-refractivity contribution < 1.29 is 0 Å². The average Bonchev–Trinajstić information content (AvgIpc) is 1.92. The summed E-state index contributed by atoms with van der Waals surface area (Å²) in [6.45, 7) is 2.12. The summed E-state index contributed by atoms with van der Waals surface area (Å²) < 4.78 is 0.00521. The maximum absolute atomic E-state index is 4.34. The Kier molecular flexibility index (Phi) is 5.56. The van der Waals surface area contributed by atoms with Crippen molar-refractivity contribution in [2.24, 2.45) is 11.7 Å². The van der Waals surface area contributed by atoms with Crippen molar-refractivity contribution in [3.05, 3.63) is 0 Å². The lowest BCUT2D eigenvalue weighted by Crippen LogP contribution is -2.33. The molecule has 1 rings (SSSR count). The lowest BCUT2D eigenvalue weighted by Gasteiger charge is -2.27. The van der Waals surface area contributed by atoms with E-state index in [2.05, 4.69) is 42.3 Å². The van der Waals surface area contributed by atoms with Gasteiger partial charge in [0.2, 0.25) is 0 Å². The molecule has 5 heteroatoms. The summed E-state index contributed by atoms with van der Waals surface area (Å²) in [7, 11) is 0. The van der Waals surface area contributed by atoms with Gasteiger partial charge in [0.15, 0.2) is 0 Å². The number of piperidine rings is 1. The number of hydrogen-bond donors (Lipinski definition) is 5. The molecule has 5 N–H and O–H groups in total. The van der Waals surface area contributed by atoms with E-state index in [1.54, 1.807) is 0 Å². The fourth-order valence-corrected chi connectivity index (χ4v) is 1.27. The Bertz CT molecular complexity index is 79.0. The Balaban J connectivity index is 0.000000371. The van der Waals surface area contributed by atoms with Crippen molar-refractivity contribution >= 4 is 25.3 Å². The maximum atomic E-state index is 4.34. The summed E-state index contributed by atoms with van der Waals surface area (Å²) >= 11 is 8.68. The van der Waals surface area contributed by atoms with Gasteiger partial charge in [-0.2, -0.15) is 25.3 Å². The van der Waals surface area contributed by atoms with E-state index >= 15 is 0 Å². The fraction of sp³-hybridized carbons (Fsp3) is 1.00. The van der Waals surface area contributed by atoms with Crippen molar-refractivity contribution in [3.63, 3.8) is 0 Å². The topological polar surface area (TPSA) is 64.1 Å². The van der Waals surface area contributed by atoms with Crippen LogP contribution < -0.4 is 17.0 Å². The van der Waals surface area contributed by atoms with E-state index in [-0.39, 0.29) is 4.08 Å². The molecule has 1 saturated heterocycles. The van der Waals surface area contributed by atoms with Crippen LogP contribution in [0.15, 0.2) is 0 Å². The van der Waals surface area contributed by atoms with E-state index in [1.165, 1.54) is 0 Å². The van der Waals surface area contributed by atoms with Gasteiger partial charge in [0, 0.05) is 0 Å². The molecular formula is C5H15N3S2. The Morgan fingerprint density at radius 1 is 1.10 bits per heavy atom. The van der Waals surface area contributed by atoms with E-state index < -0.39 is 0 Å². The Labute approximate surface area is 72.7 Å². The second-order valence-corrected chi connectivity index (χ2v) is 4.30. The van der Waals surface area contributed by atoms with Crippen LogP contribution in [-0.4, -0.2) is 17.2 Å². The van der Waals surface area contributed by atoms with Crippen molar-refractivity contribution in [2.75, 3.05) is 13.1 Å². The highest BCUT2D eigenvalue weighted by Crippen LogP contribution is 2.28. The number of rotatable bonds is 0. The van der Waals surface area contributed by atoms with Crippen molar-refractivity contribution in [1.82, 2.24) is 5.32 Å². The molecule has 0 aromatic heterocycles. The van der Waals surface area contributed by atoms with Crippen LogP contribution in [0.3, 0.4) is 0 Å². The summed E-state index contributed by atoms with van der Waals surface area (Å²) in [5, 5.41) is 3.24. The smallest absolute Gasteiger partial charge is 0.0576 e. The molecule has 0 unspecified atom stereocenters. The minimum Gasteiger partial charge on any atom is -0.317 e. The highest BCUT2D eigenvalue weighted by atomic mass is 32.2. The van der Waals surface area contributed by atoms with E-state index in [4.69, 9.17) is 0 Å². The number of thiol groups is 2. The van der Waals surface area contributed by atoms with Gasteiger partial charge in [-0.25, -0.2) is 0 Å². The first kappa shape index (κ1) is 10.6. The van der Waals surface area contributed by atoms with Gasteiger partial charge >= 0.3 is 0 Å². The fourth-order valence-electron chi connectivity index (χ4n) is 0.827. The summed E-state index contributed by atoms with van der Waals surface area (Å²) in [5.41, 5.74) is 0. The van der Waals surface area contributed by atoms with Gasteiger partial charge in [-0.1, -0.05) is 0 Å². The van der Waals surface area contributed by atoms with Crippen LogP contribution in [0.25, 0.3) is 0 Å². The second kappa shape index (κ2) is 5.26. The molecule has 1 heterocycles. The lowest BCUT2D eigenvalue weighted by atomic mass is 10.1. The third kappa shape index (κ3) is 4.40. The molecule has 1 aliphatic heterocycles. The molecule has 1 fully saturated rings. The average molecular weight is 181 g/mol. The Hall–Kier alpha value is 0.580. The molecule has 0 amide bonds. The molecule has 0 aromatic rings. The molecule has 0 aliphatic carbocycles. The first-order valence-corrected chi connectivity index (χ1v) is 4.09. The molecule has 10 heavy (non-hydrogen) atoms. The quantitative estimate of drug-likeness (QED) is 0.155. The standard InChI is InChI=1S/C5H11NS2.H4N2/c7-5(8)1-3-6-4-2-5;1-2/h6-8H,1-4H2;1-2H2. The van der Waals surface area contributed by atoms with Crippen LogP contribution in [0.2, 0.25) is 0 Å². The van der Waals surface area contributed by atoms with Gasteiger partial charge in [-0.3, -0.25) is 11.7 Å². The molecule has 1 aliphatic rings. The van der Waals surface area contributed by atoms with E-state index in [0.29, 0.717) is 0 Å². The first-order valence-electron chi connectivity index (χ1n) is 3.19. The second-order valence-electron chi connectivity index (χ2n) is 2.23. The molecule has 3 nitrogen and oxygen atoms in total. The summed E-state index contributed by atoms with van der Waals surface area (Å²) in [6.07, 6.45) is 2.14. The van der Waals surface area contributed by atoms with Gasteiger partial charge < -0.3 is 5.32 Å². The highest BCUT2D eigenvalue weighted by Gasteiger charge is 2.22. The predicted octanol–water partition coefficient (Wildman–Crippen LogP) is -0.256. The largest absolute Gasteiger partial charge is 0.317 e. The zero-order valence-corrected chi connectivity index (χ0v) is 7.67. The third-order valence-electron chi connectivity index (χ3n) is 1.40. The van der Waals surface area contributed by atoms with Crippen molar-refractivity contribution in [2.45, 2.75) is 16.9 Å². The van der Waals surface area contributed by atoms with Gasteiger partial charge in [-0.15, -0.1) is 0 Å². The minimum atomic E-state index is 0.00521. The molecule has 0 saturated carbocycles. The van der Waals surface area contributed by atoms with Crippen LogP contribution in [0.4, 0.5) is 0 Å². The highest BCUT2D eigenvalue weighted by molar-refractivity contribution is 8.00. The van der Waals surface area contributed by atoms with Gasteiger partial charge in [0.05, 0.1) is 4.08 Å². The maximum Gasteiger partial charge on any atom is 0.0576 e. The van der Waals surface area contributed by atoms with Crippen LogP contribution in [0.1, 0.15) is 12.8 Å². The number of hydrazine groups is 1. The summed E-state index contributed by atoms with van der Waals surface area (Å²) in [6, 6.07) is 0. The van der Waals surface area contributed by atoms with Crippen LogP contribution in [0, 0.1) is 0 Å². The van der Waals surface area contributed by atoms with E-state index in [9.17, 15) is 0 Å². The number of hydrogen-bond acceptors (Lipinski definition) is 5. The molecule has 0 radical (unpaired) electrons. The molecule has 62 valence electrons. The van der Waals surface area contributed by atoms with Gasteiger partial charge in [0.1, 0.15) is 0 Å². The Morgan fingerprint density at radius 3 is 1.70 bits per heavy atom. The Morgan fingerprint density at radius 2 is 1.50 bits per heavy atom. The minimum absolute atomic E-state index is 0.00521. The summed E-state index contributed by atoms with van der Waals surface area (Å²) in [5.74, 6) is 8.00. The number of nitrogens with one attached hydrogen (secondary N) is 1. The first-order chi connectivity index (χ1) is 4.71. The van der Waals surface area contributed by atoms with Crippen LogP contribution in [0.5, 0.6) is 0 Å². The molecule has 0 spiro atoms. The molecule has 0 atom stereocenters. The lowest BCUT2D eigenvalue weighted by molar-refractivity contribution is 0.511.